The fourth-order valence-electron chi connectivity index (χ4n) is 1.15. The lowest BCUT2D eigenvalue weighted by molar-refractivity contribution is 0.281. The van der Waals surface area contributed by atoms with Crippen LogP contribution in [0.15, 0.2) is 12.1 Å². The van der Waals surface area contributed by atoms with E-state index in [1.165, 1.54) is 11.7 Å². The molecule has 0 aliphatic heterocycles. The Morgan fingerprint density at radius 3 is 2.67 bits per heavy atom. The largest absolute Gasteiger partial charge is 0.392 e. The minimum Gasteiger partial charge on any atom is -0.392 e. The molecule has 1 heterocycles. The molecule has 0 saturated carbocycles. The highest BCUT2D eigenvalue weighted by Crippen LogP contribution is 2.17. The Balaban J connectivity index is 2.73. The molecular weight excluding hydrogens is 172 g/mol. The first kappa shape index (κ1) is 7.64. The molecule has 12 heavy (non-hydrogen) atoms. The third-order valence-electron chi connectivity index (χ3n) is 1.88. The molecule has 0 aliphatic carbocycles. The molecule has 0 radical (unpaired) electrons. The molecule has 2 aromatic rings. The van der Waals surface area contributed by atoms with E-state index in [0.29, 0.717) is 0 Å². The van der Waals surface area contributed by atoms with Gasteiger partial charge in [0.25, 0.3) is 0 Å². The van der Waals surface area contributed by atoms with Crippen molar-refractivity contribution in [2.45, 2.75) is 13.5 Å². The number of aryl methyl sites for hydroxylation is 1. The summed E-state index contributed by atoms with van der Waals surface area (Å²) in [6.45, 7) is 2.03. The molecule has 1 aromatic heterocycles. The predicted molar refractivity (Wildman–Crippen MR) is 48.1 cm³/mol. The molecule has 1 aromatic carbocycles. The van der Waals surface area contributed by atoms with Gasteiger partial charge in [-0.1, -0.05) is 0 Å². The fraction of sp³-hybridized carbons (Fsp3) is 0.250. The second kappa shape index (κ2) is 2.80. The van der Waals surface area contributed by atoms with Crippen LogP contribution in [0, 0.1) is 6.92 Å². The number of nitrogens with zero attached hydrogens (tertiary/aromatic N) is 2. The summed E-state index contributed by atoms with van der Waals surface area (Å²) in [6, 6.07) is 3.83. The molecule has 0 unspecified atom stereocenters. The van der Waals surface area contributed by atoms with Gasteiger partial charge in [-0.3, -0.25) is 0 Å². The van der Waals surface area contributed by atoms with Crippen LogP contribution in [0.5, 0.6) is 0 Å². The lowest BCUT2D eigenvalue weighted by Gasteiger charge is -1.99. The first-order chi connectivity index (χ1) is 5.81. The van der Waals surface area contributed by atoms with Crippen LogP contribution in [0.25, 0.3) is 11.0 Å². The Morgan fingerprint density at radius 2 is 2.00 bits per heavy atom. The Labute approximate surface area is 74.0 Å². The van der Waals surface area contributed by atoms with Gasteiger partial charge in [-0.25, -0.2) is 0 Å². The number of aliphatic hydroxyl groups excluding tert-OH is 1. The molecular formula is C8H8N2OS. The molecule has 3 nitrogen and oxygen atoms in total. The minimum atomic E-state index is 0.0688. The van der Waals surface area contributed by atoms with Crippen LogP contribution >= 0.6 is 11.7 Å². The number of fused-ring (bicyclic) bond motifs is 1. The van der Waals surface area contributed by atoms with Crippen molar-refractivity contribution in [3.63, 3.8) is 0 Å². The zero-order valence-electron chi connectivity index (χ0n) is 6.61. The second-order valence-electron chi connectivity index (χ2n) is 2.69. The zero-order chi connectivity index (χ0) is 8.55. The summed E-state index contributed by atoms with van der Waals surface area (Å²) in [5, 5.41) is 8.97. The van der Waals surface area contributed by atoms with Crippen molar-refractivity contribution >= 4 is 22.8 Å². The molecule has 0 fully saturated rings. The van der Waals surface area contributed by atoms with Crippen molar-refractivity contribution in [2.24, 2.45) is 0 Å². The molecule has 0 atom stereocenters. The van der Waals surface area contributed by atoms with Gasteiger partial charge >= 0.3 is 0 Å². The van der Waals surface area contributed by atoms with Crippen molar-refractivity contribution in [3.8, 4) is 0 Å². The lowest BCUT2D eigenvalue weighted by atomic mass is 10.1. The predicted octanol–water partition coefficient (Wildman–Crippen LogP) is 1.49. The Hall–Kier alpha value is -1.00. The Kier molecular flexibility index (Phi) is 1.78. The Morgan fingerprint density at radius 1 is 1.33 bits per heavy atom. The standard InChI is InChI=1S/C8H8N2OS/c1-5-2-7-8(10-12-9-7)3-6(5)4-11/h2-3,11H,4H2,1H3. The highest BCUT2D eigenvalue weighted by atomic mass is 32.1. The van der Waals surface area contributed by atoms with Crippen LogP contribution in [-0.2, 0) is 6.61 Å². The Bertz CT molecular complexity index is 410. The zero-order valence-corrected chi connectivity index (χ0v) is 7.43. The molecule has 4 heteroatoms. The van der Waals surface area contributed by atoms with Gasteiger partial charge in [0.05, 0.1) is 18.3 Å². The first-order valence-electron chi connectivity index (χ1n) is 3.64. The van der Waals surface area contributed by atoms with Crippen molar-refractivity contribution in [1.82, 2.24) is 8.75 Å². The van der Waals surface area contributed by atoms with Crippen molar-refractivity contribution in [3.05, 3.63) is 23.3 Å². The van der Waals surface area contributed by atoms with E-state index in [4.69, 9.17) is 5.11 Å². The van der Waals surface area contributed by atoms with E-state index in [1.807, 2.05) is 19.1 Å². The van der Waals surface area contributed by atoms with Crippen molar-refractivity contribution in [1.29, 1.82) is 0 Å². The number of hydrogen-bond acceptors (Lipinski definition) is 4. The topological polar surface area (TPSA) is 46.0 Å². The molecule has 0 amide bonds. The summed E-state index contributed by atoms with van der Waals surface area (Å²) >= 11 is 1.20. The van der Waals surface area contributed by atoms with E-state index in [0.717, 1.165) is 22.2 Å². The minimum absolute atomic E-state index is 0.0688. The molecule has 0 saturated heterocycles. The van der Waals surface area contributed by atoms with Crippen molar-refractivity contribution < 1.29 is 5.11 Å². The number of rotatable bonds is 1. The maximum Gasteiger partial charge on any atom is 0.105 e. The molecule has 62 valence electrons. The number of aliphatic hydroxyl groups is 1. The average Bonchev–Trinajstić information content (AvgIpc) is 2.49. The second-order valence-corrected chi connectivity index (χ2v) is 3.22. The van der Waals surface area contributed by atoms with Gasteiger partial charge in [-0.15, -0.1) is 0 Å². The monoisotopic (exact) mass is 180 g/mol. The molecule has 1 N–H and O–H groups in total. The fourth-order valence-corrected chi connectivity index (χ4v) is 1.66. The number of benzene rings is 1. The third kappa shape index (κ3) is 1.09. The highest BCUT2D eigenvalue weighted by molar-refractivity contribution is 7.00. The van der Waals surface area contributed by atoms with Gasteiger partial charge in [-0.2, -0.15) is 8.75 Å². The number of aromatic nitrogens is 2. The van der Waals surface area contributed by atoms with Crippen LogP contribution in [0.4, 0.5) is 0 Å². The summed E-state index contributed by atoms with van der Waals surface area (Å²) in [5.74, 6) is 0. The molecule has 0 spiro atoms. The van der Waals surface area contributed by atoms with E-state index in [2.05, 4.69) is 8.75 Å². The first-order valence-corrected chi connectivity index (χ1v) is 4.37. The van der Waals surface area contributed by atoms with E-state index in [9.17, 15) is 0 Å². The maximum atomic E-state index is 8.97. The van der Waals surface area contributed by atoms with Crippen molar-refractivity contribution in [2.75, 3.05) is 0 Å². The highest BCUT2D eigenvalue weighted by Gasteiger charge is 2.02. The van der Waals surface area contributed by atoms with Crippen LogP contribution < -0.4 is 0 Å². The average molecular weight is 180 g/mol. The van der Waals surface area contributed by atoms with Gasteiger partial charge in [0, 0.05) is 0 Å². The van der Waals surface area contributed by atoms with Gasteiger partial charge in [0.15, 0.2) is 0 Å². The van der Waals surface area contributed by atoms with Crippen LogP contribution in [-0.4, -0.2) is 13.9 Å². The SMILES string of the molecule is Cc1cc2nsnc2cc1CO. The third-order valence-corrected chi connectivity index (χ3v) is 2.44. The van der Waals surface area contributed by atoms with E-state index in [-0.39, 0.29) is 6.61 Å². The lowest BCUT2D eigenvalue weighted by Crippen LogP contribution is -1.88. The molecule has 0 bridgehead atoms. The van der Waals surface area contributed by atoms with Crippen LogP contribution in [0.1, 0.15) is 11.1 Å². The van der Waals surface area contributed by atoms with E-state index >= 15 is 0 Å². The smallest absolute Gasteiger partial charge is 0.105 e. The summed E-state index contributed by atoms with van der Waals surface area (Å²) in [4.78, 5) is 0. The number of hydrogen-bond donors (Lipinski definition) is 1. The van der Waals surface area contributed by atoms with Gasteiger partial charge in [-0.05, 0) is 30.2 Å². The summed E-state index contributed by atoms with van der Waals surface area (Å²) in [7, 11) is 0. The van der Waals surface area contributed by atoms with Gasteiger partial charge in [0.2, 0.25) is 0 Å². The van der Waals surface area contributed by atoms with E-state index in [1.54, 1.807) is 0 Å². The van der Waals surface area contributed by atoms with E-state index < -0.39 is 0 Å². The van der Waals surface area contributed by atoms with Gasteiger partial charge < -0.3 is 5.11 Å². The summed E-state index contributed by atoms with van der Waals surface area (Å²) < 4.78 is 8.19. The molecule has 0 aliphatic rings. The summed E-state index contributed by atoms with van der Waals surface area (Å²) in [5.41, 5.74) is 3.78. The van der Waals surface area contributed by atoms with Gasteiger partial charge in [0.1, 0.15) is 11.0 Å². The summed E-state index contributed by atoms with van der Waals surface area (Å²) in [6.07, 6.45) is 0. The quantitative estimate of drug-likeness (QED) is 0.723. The molecule has 2 rings (SSSR count). The normalized spacial score (nSPS) is 10.8. The van der Waals surface area contributed by atoms with Crippen LogP contribution in [0.3, 0.4) is 0 Å². The van der Waals surface area contributed by atoms with Crippen LogP contribution in [0.2, 0.25) is 0 Å². The maximum absolute atomic E-state index is 8.97.